The summed E-state index contributed by atoms with van der Waals surface area (Å²) in [6.45, 7) is -0.198. The van der Waals surface area contributed by atoms with E-state index in [2.05, 4.69) is 0 Å². The predicted molar refractivity (Wildman–Crippen MR) is 113 cm³/mol. The van der Waals surface area contributed by atoms with Crippen molar-refractivity contribution in [2.24, 2.45) is 0 Å². The van der Waals surface area contributed by atoms with Gasteiger partial charge in [-0.1, -0.05) is 31.4 Å². The molecule has 2 aromatic rings. The van der Waals surface area contributed by atoms with Crippen molar-refractivity contribution in [3.05, 3.63) is 58.9 Å². The number of ether oxygens (including phenoxy) is 1. The summed E-state index contributed by atoms with van der Waals surface area (Å²) in [5.41, 5.74) is 0.311. The molecule has 4 nitrogen and oxygen atoms in total. The highest BCUT2D eigenvalue weighted by molar-refractivity contribution is 5.78. The van der Waals surface area contributed by atoms with Gasteiger partial charge in [-0.2, -0.15) is 0 Å². The van der Waals surface area contributed by atoms with Crippen LogP contribution in [-0.4, -0.2) is 43.6 Å². The molecular weight excluding hydrogens is 443 g/mol. The molecule has 0 aromatic heterocycles. The Morgan fingerprint density at radius 1 is 0.788 bits per heavy atom. The second-order valence-electron chi connectivity index (χ2n) is 8.48. The van der Waals surface area contributed by atoms with E-state index in [0.29, 0.717) is 11.7 Å². The van der Waals surface area contributed by atoms with Gasteiger partial charge in [0.05, 0.1) is 0 Å². The molecule has 4 rings (SSSR count). The van der Waals surface area contributed by atoms with Gasteiger partial charge in [0.15, 0.2) is 29.9 Å². The molecule has 2 aliphatic rings. The fraction of sp³-hybridized carbons (Fsp3) is 0.458. The van der Waals surface area contributed by atoms with Crippen molar-refractivity contribution in [3.63, 3.8) is 0 Å². The highest BCUT2D eigenvalue weighted by Gasteiger charge is 2.31. The molecule has 0 bridgehead atoms. The summed E-state index contributed by atoms with van der Waals surface area (Å²) in [6.07, 6.45) is 6.16. The first-order chi connectivity index (χ1) is 15.9. The lowest BCUT2D eigenvalue weighted by molar-refractivity contribution is -0.133. The third-order valence-electron chi connectivity index (χ3n) is 6.45. The first-order valence-electron chi connectivity index (χ1n) is 11.1. The normalized spacial score (nSPS) is 17.4. The number of hydrogen-bond acceptors (Lipinski definition) is 3. The molecule has 178 valence electrons. The molecule has 1 aliphatic carbocycles. The van der Waals surface area contributed by atoms with Crippen molar-refractivity contribution in [1.29, 1.82) is 0 Å². The Bertz CT molecular complexity index is 972. The van der Waals surface area contributed by atoms with Crippen molar-refractivity contribution in [2.75, 3.05) is 37.7 Å². The highest BCUT2D eigenvalue weighted by atomic mass is 19.2. The third kappa shape index (κ3) is 4.91. The SMILES string of the molecule is O=C(COc1ccc(C2CCCCC2)cc1)N1CCN(c2c(F)c(F)c(F)c(F)c2F)CC1. The fourth-order valence-corrected chi connectivity index (χ4v) is 4.56. The van der Waals surface area contributed by atoms with Gasteiger partial charge in [0.25, 0.3) is 5.91 Å². The molecule has 1 saturated carbocycles. The maximum absolute atomic E-state index is 14.0. The Morgan fingerprint density at radius 2 is 1.33 bits per heavy atom. The monoisotopic (exact) mass is 468 g/mol. The zero-order valence-corrected chi connectivity index (χ0v) is 18.1. The average molecular weight is 468 g/mol. The molecule has 33 heavy (non-hydrogen) atoms. The number of halogens is 5. The lowest BCUT2D eigenvalue weighted by Gasteiger charge is -2.36. The summed E-state index contributed by atoms with van der Waals surface area (Å²) < 4.78 is 73.9. The molecule has 2 aromatic carbocycles. The molecule has 1 heterocycles. The van der Waals surface area contributed by atoms with Crippen molar-refractivity contribution in [2.45, 2.75) is 38.0 Å². The summed E-state index contributed by atoms with van der Waals surface area (Å²) in [6, 6.07) is 7.74. The van der Waals surface area contributed by atoms with Crippen molar-refractivity contribution >= 4 is 11.6 Å². The minimum Gasteiger partial charge on any atom is -0.484 e. The molecule has 1 aliphatic heterocycles. The van der Waals surface area contributed by atoms with Gasteiger partial charge < -0.3 is 14.5 Å². The highest BCUT2D eigenvalue weighted by Crippen LogP contribution is 2.33. The van der Waals surface area contributed by atoms with Gasteiger partial charge >= 0.3 is 0 Å². The molecule has 1 saturated heterocycles. The Morgan fingerprint density at radius 3 is 1.91 bits per heavy atom. The molecule has 0 radical (unpaired) electrons. The average Bonchev–Trinajstić information content (AvgIpc) is 2.86. The van der Waals surface area contributed by atoms with E-state index in [0.717, 1.165) is 4.90 Å². The van der Waals surface area contributed by atoms with Crippen LogP contribution in [0.4, 0.5) is 27.6 Å². The van der Waals surface area contributed by atoms with Crippen LogP contribution >= 0.6 is 0 Å². The van der Waals surface area contributed by atoms with Crippen LogP contribution in [-0.2, 0) is 4.79 Å². The summed E-state index contributed by atoms with van der Waals surface area (Å²) >= 11 is 0. The second kappa shape index (κ2) is 9.97. The van der Waals surface area contributed by atoms with Crippen LogP contribution in [0.3, 0.4) is 0 Å². The van der Waals surface area contributed by atoms with Crippen LogP contribution < -0.4 is 9.64 Å². The van der Waals surface area contributed by atoms with E-state index >= 15 is 0 Å². The Kier molecular flexibility index (Phi) is 7.05. The minimum absolute atomic E-state index is 0.0693. The molecule has 0 N–H and O–H groups in total. The van der Waals surface area contributed by atoms with Gasteiger partial charge in [-0.25, -0.2) is 22.0 Å². The van der Waals surface area contributed by atoms with E-state index < -0.39 is 34.8 Å². The van der Waals surface area contributed by atoms with Crippen molar-refractivity contribution in [3.8, 4) is 5.75 Å². The Balaban J connectivity index is 1.30. The molecule has 9 heteroatoms. The quantitative estimate of drug-likeness (QED) is 0.345. The van der Waals surface area contributed by atoms with Crippen LogP contribution in [0.2, 0.25) is 0 Å². The van der Waals surface area contributed by atoms with Crippen LogP contribution in [0.5, 0.6) is 5.75 Å². The number of nitrogens with zero attached hydrogens (tertiary/aromatic N) is 2. The van der Waals surface area contributed by atoms with Gasteiger partial charge in [-0.15, -0.1) is 0 Å². The molecule has 1 amide bonds. The summed E-state index contributed by atoms with van der Waals surface area (Å²) in [4.78, 5) is 15.0. The summed E-state index contributed by atoms with van der Waals surface area (Å²) in [5, 5.41) is 0. The number of piperazine rings is 1. The summed E-state index contributed by atoms with van der Waals surface area (Å²) in [7, 11) is 0. The number of hydrogen-bond donors (Lipinski definition) is 0. The first-order valence-corrected chi connectivity index (χ1v) is 11.1. The van der Waals surface area contributed by atoms with Crippen LogP contribution in [0, 0.1) is 29.1 Å². The summed E-state index contributed by atoms with van der Waals surface area (Å²) in [5.74, 6) is -9.06. The van der Waals surface area contributed by atoms with Gasteiger partial charge in [0.2, 0.25) is 5.82 Å². The molecule has 0 spiro atoms. The maximum atomic E-state index is 14.0. The zero-order valence-electron chi connectivity index (χ0n) is 18.1. The smallest absolute Gasteiger partial charge is 0.260 e. The predicted octanol–water partition coefficient (Wildman–Crippen LogP) is 5.16. The largest absolute Gasteiger partial charge is 0.484 e. The number of carbonyl (C=O) groups is 1. The number of amides is 1. The Labute approximate surface area is 188 Å². The second-order valence-corrected chi connectivity index (χ2v) is 8.48. The van der Waals surface area contributed by atoms with Gasteiger partial charge in [0, 0.05) is 26.2 Å². The van der Waals surface area contributed by atoms with E-state index in [4.69, 9.17) is 4.74 Å². The number of carbonyl (C=O) groups excluding carboxylic acids is 1. The van der Waals surface area contributed by atoms with Crippen LogP contribution in [0.15, 0.2) is 24.3 Å². The van der Waals surface area contributed by atoms with Crippen LogP contribution in [0.1, 0.15) is 43.6 Å². The number of rotatable bonds is 5. The topological polar surface area (TPSA) is 32.8 Å². The Hall–Kier alpha value is -2.84. The molecule has 2 fully saturated rings. The van der Waals surface area contributed by atoms with Crippen LogP contribution in [0.25, 0.3) is 0 Å². The van der Waals surface area contributed by atoms with Gasteiger partial charge in [0.1, 0.15) is 11.4 Å². The number of benzene rings is 2. The van der Waals surface area contributed by atoms with E-state index in [1.807, 2.05) is 24.3 Å². The maximum Gasteiger partial charge on any atom is 0.260 e. The van der Waals surface area contributed by atoms with Crippen molar-refractivity contribution < 1.29 is 31.5 Å². The molecular formula is C24H25F5N2O2. The van der Waals surface area contributed by atoms with Crippen molar-refractivity contribution in [1.82, 2.24) is 4.90 Å². The van der Waals surface area contributed by atoms with E-state index in [1.54, 1.807) is 0 Å². The van der Waals surface area contributed by atoms with E-state index in [9.17, 15) is 26.7 Å². The number of anilines is 1. The lowest BCUT2D eigenvalue weighted by Crippen LogP contribution is -2.50. The van der Waals surface area contributed by atoms with Gasteiger partial charge in [-0.05, 0) is 36.5 Å². The molecule has 0 atom stereocenters. The van der Waals surface area contributed by atoms with E-state index in [1.165, 1.54) is 42.6 Å². The first kappa shape index (κ1) is 23.3. The van der Waals surface area contributed by atoms with E-state index in [-0.39, 0.29) is 38.7 Å². The fourth-order valence-electron chi connectivity index (χ4n) is 4.56. The zero-order chi connectivity index (χ0) is 23.5. The lowest BCUT2D eigenvalue weighted by atomic mass is 9.84. The molecule has 0 unspecified atom stereocenters. The minimum atomic E-state index is -2.19. The third-order valence-corrected chi connectivity index (χ3v) is 6.45. The van der Waals surface area contributed by atoms with Gasteiger partial charge in [-0.3, -0.25) is 4.79 Å². The standard InChI is InChI=1S/C24H25F5N2O2/c25-19-20(26)22(28)24(23(29)21(19)27)31-12-10-30(11-13-31)18(32)14-33-17-8-6-16(7-9-17)15-4-2-1-3-5-15/h6-9,15H,1-5,10-14H2.